The maximum atomic E-state index is 11.6. The SMILES string of the molecule is CNCC(C)C(=O)NCCC(C)(C)CCC(=O)O. The summed E-state index contributed by atoms with van der Waals surface area (Å²) in [6, 6.07) is 0. The standard InChI is InChI=1S/C13H26N2O3/c1-10(9-14-4)12(18)15-8-7-13(2,3)6-5-11(16)17/h10,14H,5-9H2,1-4H3,(H,15,18)(H,16,17). The van der Waals surface area contributed by atoms with Gasteiger partial charge in [-0.2, -0.15) is 0 Å². The van der Waals surface area contributed by atoms with Gasteiger partial charge in [0, 0.05) is 25.4 Å². The molecular formula is C13H26N2O3. The van der Waals surface area contributed by atoms with Gasteiger partial charge in [-0.1, -0.05) is 20.8 Å². The average molecular weight is 258 g/mol. The molecular weight excluding hydrogens is 232 g/mol. The topological polar surface area (TPSA) is 78.4 Å². The van der Waals surface area contributed by atoms with Gasteiger partial charge in [-0.25, -0.2) is 0 Å². The van der Waals surface area contributed by atoms with Gasteiger partial charge in [0.15, 0.2) is 0 Å². The number of hydrogen-bond acceptors (Lipinski definition) is 3. The molecule has 0 aliphatic carbocycles. The third-order valence-corrected chi connectivity index (χ3v) is 3.07. The number of carbonyl (C=O) groups is 2. The van der Waals surface area contributed by atoms with Crippen molar-refractivity contribution in [2.45, 2.75) is 40.0 Å². The summed E-state index contributed by atoms with van der Waals surface area (Å²) in [5.41, 5.74) is -0.0576. The minimum Gasteiger partial charge on any atom is -0.481 e. The molecule has 0 saturated carbocycles. The fraction of sp³-hybridized carbons (Fsp3) is 0.846. The second kappa shape index (κ2) is 8.08. The van der Waals surface area contributed by atoms with Crippen molar-refractivity contribution in [3.63, 3.8) is 0 Å². The molecule has 0 spiro atoms. The molecule has 5 nitrogen and oxygen atoms in total. The first-order valence-corrected chi connectivity index (χ1v) is 6.42. The fourth-order valence-corrected chi connectivity index (χ4v) is 1.67. The molecule has 0 fully saturated rings. The van der Waals surface area contributed by atoms with Crippen LogP contribution in [0.2, 0.25) is 0 Å². The number of amides is 1. The predicted molar refractivity (Wildman–Crippen MR) is 71.4 cm³/mol. The summed E-state index contributed by atoms with van der Waals surface area (Å²) in [6.07, 6.45) is 1.60. The first-order chi connectivity index (χ1) is 8.28. The minimum atomic E-state index is -0.769. The summed E-state index contributed by atoms with van der Waals surface area (Å²) in [5, 5.41) is 14.5. The van der Waals surface area contributed by atoms with Crippen LogP contribution in [0.3, 0.4) is 0 Å². The number of rotatable bonds is 9. The first-order valence-electron chi connectivity index (χ1n) is 6.42. The van der Waals surface area contributed by atoms with Crippen LogP contribution in [0, 0.1) is 11.3 Å². The van der Waals surface area contributed by atoms with Crippen molar-refractivity contribution in [3.05, 3.63) is 0 Å². The molecule has 106 valence electrons. The molecule has 0 aliphatic heterocycles. The number of hydrogen-bond donors (Lipinski definition) is 3. The van der Waals surface area contributed by atoms with E-state index in [2.05, 4.69) is 10.6 Å². The molecule has 3 N–H and O–H groups in total. The van der Waals surface area contributed by atoms with Crippen LogP contribution in [0.4, 0.5) is 0 Å². The van der Waals surface area contributed by atoms with E-state index < -0.39 is 5.97 Å². The highest BCUT2D eigenvalue weighted by molar-refractivity contribution is 5.78. The van der Waals surface area contributed by atoms with Gasteiger partial charge < -0.3 is 15.7 Å². The monoisotopic (exact) mass is 258 g/mol. The van der Waals surface area contributed by atoms with Crippen molar-refractivity contribution in [2.75, 3.05) is 20.1 Å². The molecule has 0 bridgehead atoms. The zero-order chi connectivity index (χ0) is 14.2. The first kappa shape index (κ1) is 16.9. The summed E-state index contributed by atoms with van der Waals surface area (Å²) in [4.78, 5) is 22.2. The molecule has 18 heavy (non-hydrogen) atoms. The van der Waals surface area contributed by atoms with Gasteiger partial charge in [-0.3, -0.25) is 9.59 Å². The van der Waals surface area contributed by atoms with Crippen LogP contribution in [0.1, 0.15) is 40.0 Å². The smallest absolute Gasteiger partial charge is 0.303 e. The fourth-order valence-electron chi connectivity index (χ4n) is 1.67. The van der Waals surface area contributed by atoms with Crippen molar-refractivity contribution < 1.29 is 14.7 Å². The molecule has 1 unspecified atom stereocenters. The lowest BCUT2D eigenvalue weighted by molar-refractivity contribution is -0.137. The van der Waals surface area contributed by atoms with Crippen LogP contribution in [-0.2, 0) is 9.59 Å². The van der Waals surface area contributed by atoms with E-state index >= 15 is 0 Å². The molecule has 0 saturated heterocycles. The molecule has 0 aliphatic rings. The lowest BCUT2D eigenvalue weighted by Gasteiger charge is -2.24. The molecule has 0 aromatic carbocycles. The summed E-state index contributed by atoms with van der Waals surface area (Å²) in [6.45, 7) is 7.19. The van der Waals surface area contributed by atoms with E-state index in [9.17, 15) is 9.59 Å². The number of carboxylic acids is 1. The third kappa shape index (κ3) is 8.06. The van der Waals surface area contributed by atoms with Crippen molar-refractivity contribution in [2.24, 2.45) is 11.3 Å². The predicted octanol–water partition coefficient (Wildman–Crippen LogP) is 1.24. The maximum Gasteiger partial charge on any atom is 0.303 e. The van der Waals surface area contributed by atoms with Gasteiger partial charge in [0.2, 0.25) is 5.91 Å². The van der Waals surface area contributed by atoms with Crippen LogP contribution >= 0.6 is 0 Å². The van der Waals surface area contributed by atoms with Gasteiger partial charge >= 0.3 is 5.97 Å². The van der Waals surface area contributed by atoms with Crippen molar-refractivity contribution in [1.29, 1.82) is 0 Å². The molecule has 0 aromatic rings. The second-order valence-electron chi connectivity index (χ2n) is 5.56. The van der Waals surface area contributed by atoms with E-state index in [1.807, 2.05) is 27.8 Å². The zero-order valence-electron chi connectivity index (χ0n) is 11.9. The Balaban J connectivity index is 3.88. The Morgan fingerprint density at radius 2 is 1.89 bits per heavy atom. The average Bonchev–Trinajstić information content (AvgIpc) is 2.26. The molecule has 0 radical (unpaired) electrons. The Hall–Kier alpha value is -1.10. The van der Waals surface area contributed by atoms with Crippen LogP contribution < -0.4 is 10.6 Å². The molecule has 0 aromatic heterocycles. The van der Waals surface area contributed by atoms with E-state index in [1.54, 1.807) is 0 Å². The molecule has 1 atom stereocenters. The quantitative estimate of drug-likeness (QED) is 0.581. The van der Waals surface area contributed by atoms with Gasteiger partial charge in [-0.05, 0) is 25.3 Å². The van der Waals surface area contributed by atoms with Gasteiger partial charge in [0.1, 0.15) is 0 Å². The normalized spacial score (nSPS) is 13.1. The van der Waals surface area contributed by atoms with Gasteiger partial charge in [-0.15, -0.1) is 0 Å². The highest BCUT2D eigenvalue weighted by Gasteiger charge is 2.19. The lowest BCUT2D eigenvalue weighted by atomic mass is 9.84. The Kier molecular flexibility index (Phi) is 7.59. The van der Waals surface area contributed by atoms with Crippen LogP contribution in [-0.4, -0.2) is 37.1 Å². The highest BCUT2D eigenvalue weighted by Crippen LogP contribution is 2.25. The number of nitrogens with one attached hydrogen (secondary N) is 2. The van der Waals surface area contributed by atoms with Gasteiger partial charge in [0.25, 0.3) is 0 Å². The Morgan fingerprint density at radius 1 is 1.28 bits per heavy atom. The van der Waals surface area contributed by atoms with Crippen LogP contribution in [0.5, 0.6) is 0 Å². The molecule has 0 heterocycles. The Labute approximate surface area is 109 Å². The van der Waals surface area contributed by atoms with E-state index in [-0.39, 0.29) is 23.7 Å². The molecule has 5 heteroatoms. The zero-order valence-corrected chi connectivity index (χ0v) is 11.9. The van der Waals surface area contributed by atoms with Crippen molar-refractivity contribution in [3.8, 4) is 0 Å². The largest absolute Gasteiger partial charge is 0.481 e. The minimum absolute atomic E-state index is 0.0402. The highest BCUT2D eigenvalue weighted by atomic mass is 16.4. The van der Waals surface area contributed by atoms with E-state index in [0.29, 0.717) is 19.5 Å². The van der Waals surface area contributed by atoms with Crippen molar-refractivity contribution >= 4 is 11.9 Å². The second-order valence-corrected chi connectivity index (χ2v) is 5.56. The van der Waals surface area contributed by atoms with Crippen LogP contribution in [0.25, 0.3) is 0 Å². The van der Waals surface area contributed by atoms with E-state index in [0.717, 1.165) is 6.42 Å². The van der Waals surface area contributed by atoms with Crippen molar-refractivity contribution in [1.82, 2.24) is 10.6 Å². The third-order valence-electron chi connectivity index (χ3n) is 3.07. The molecule has 0 rings (SSSR count). The summed E-state index contributed by atoms with van der Waals surface area (Å²) in [5.74, 6) is -0.773. The number of aliphatic carboxylic acids is 1. The number of carboxylic acid groups (broad SMARTS) is 1. The Bertz CT molecular complexity index is 277. The van der Waals surface area contributed by atoms with E-state index in [1.165, 1.54) is 0 Å². The maximum absolute atomic E-state index is 11.6. The van der Waals surface area contributed by atoms with E-state index in [4.69, 9.17) is 5.11 Å². The van der Waals surface area contributed by atoms with Gasteiger partial charge in [0.05, 0.1) is 0 Å². The van der Waals surface area contributed by atoms with Crippen LogP contribution in [0.15, 0.2) is 0 Å². The number of carbonyl (C=O) groups excluding carboxylic acids is 1. The Morgan fingerprint density at radius 3 is 2.39 bits per heavy atom. The summed E-state index contributed by atoms with van der Waals surface area (Å²) in [7, 11) is 1.82. The summed E-state index contributed by atoms with van der Waals surface area (Å²) < 4.78 is 0. The summed E-state index contributed by atoms with van der Waals surface area (Å²) >= 11 is 0. The lowest BCUT2D eigenvalue weighted by Crippen LogP contribution is -2.36. The molecule has 1 amide bonds.